The molecule has 1 aromatic rings. The van der Waals surface area contributed by atoms with E-state index in [-0.39, 0.29) is 0 Å². The van der Waals surface area contributed by atoms with Crippen LogP contribution >= 0.6 is 0 Å². The Morgan fingerprint density at radius 3 is 1.56 bits per heavy atom. The summed E-state index contributed by atoms with van der Waals surface area (Å²) >= 11 is 0. The third-order valence-corrected chi connectivity index (χ3v) is 1.47. The Kier molecular flexibility index (Phi) is 23.6. The highest BCUT2D eigenvalue weighted by atomic mass is 16.1. The molecule has 0 aliphatic rings. The first-order chi connectivity index (χ1) is 8.55. The first kappa shape index (κ1) is 21.1. The Labute approximate surface area is 108 Å². The van der Waals surface area contributed by atoms with Gasteiger partial charge in [0.25, 0.3) is 0 Å². The summed E-state index contributed by atoms with van der Waals surface area (Å²) in [4.78, 5) is 16.5. The zero-order valence-corrected chi connectivity index (χ0v) is 11.0. The lowest BCUT2D eigenvalue weighted by Gasteiger charge is -2.01. The second-order valence-electron chi connectivity index (χ2n) is 3.16. The molecule has 1 rings (SSSR count). The SMILES string of the molecule is C=CC.CC(C)c1ccccc1.[N-]=C=O.[N-]=C=O. The van der Waals surface area contributed by atoms with Gasteiger partial charge in [0, 0.05) is 0 Å². The zero-order valence-electron chi connectivity index (χ0n) is 11.0. The molecule has 0 amide bonds. The fraction of sp³-hybridized carbons (Fsp3) is 0.286. The molecule has 4 heteroatoms. The van der Waals surface area contributed by atoms with E-state index in [2.05, 4.69) is 44.7 Å². The molecule has 0 N–H and O–H groups in total. The van der Waals surface area contributed by atoms with Gasteiger partial charge in [-0.05, 0) is 30.6 Å². The maximum Gasteiger partial charge on any atom is -0.0159 e. The molecule has 0 atom stereocenters. The molecule has 0 saturated heterocycles. The molecule has 0 aromatic heterocycles. The molecule has 0 saturated carbocycles. The van der Waals surface area contributed by atoms with E-state index in [0.717, 1.165) is 0 Å². The lowest BCUT2D eigenvalue weighted by Crippen LogP contribution is -1.83. The van der Waals surface area contributed by atoms with Crippen LogP contribution in [0.3, 0.4) is 0 Å². The van der Waals surface area contributed by atoms with E-state index in [1.165, 1.54) is 5.56 Å². The molecule has 0 radical (unpaired) electrons. The second kappa shape index (κ2) is 20.2. The van der Waals surface area contributed by atoms with Crippen LogP contribution in [-0.2, 0) is 9.59 Å². The predicted molar refractivity (Wildman–Crippen MR) is 74.5 cm³/mol. The van der Waals surface area contributed by atoms with Gasteiger partial charge in [0.1, 0.15) is 0 Å². The van der Waals surface area contributed by atoms with Gasteiger partial charge in [-0.1, -0.05) is 50.3 Å². The molecule has 0 unspecified atom stereocenters. The van der Waals surface area contributed by atoms with Gasteiger partial charge >= 0.3 is 0 Å². The average Bonchev–Trinajstić information content (AvgIpc) is 2.33. The Hall–Kier alpha value is -2.28. The second-order valence-corrected chi connectivity index (χ2v) is 3.16. The number of benzene rings is 1. The van der Waals surface area contributed by atoms with Crippen molar-refractivity contribution in [1.82, 2.24) is 0 Å². The zero-order chi connectivity index (χ0) is 14.8. The predicted octanol–water partition coefficient (Wildman–Crippen LogP) is 3.79. The van der Waals surface area contributed by atoms with Crippen LogP contribution in [0.15, 0.2) is 43.0 Å². The number of isocyanates is 2. The molecule has 0 spiro atoms. The van der Waals surface area contributed by atoms with Crippen molar-refractivity contribution in [3.05, 3.63) is 59.4 Å². The number of allylic oxidation sites excluding steroid dienone is 1. The van der Waals surface area contributed by atoms with E-state index >= 15 is 0 Å². The summed E-state index contributed by atoms with van der Waals surface area (Å²) in [6, 6.07) is 10.5. The lowest BCUT2D eigenvalue weighted by molar-refractivity contribution is 0.568. The minimum Gasteiger partial charge on any atom is -0.724 e. The Morgan fingerprint density at radius 2 is 1.39 bits per heavy atom. The van der Waals surface area contributed by atoms with Gasteiger partial charge in [0.15, 0.2) is 0 Å². The summed E-state index contributed by atoms with van der Waals surface area (Å²) in [5, 5.41) is 13.5. The molecule has 0 heterocycles. The number of hydrogen-bond acceptors (Lipinski definition) is 2. The van der Waals surface area contributed by atoms with Gasteiger partial charge in [0.2, 0.25) is 0 Å². The van der Waals surface area contributed by atoms with Gasteiger partial charge in [-0.2, -0.15) is 0 Å². The maximum atomic E-state index is 8.24. The van der Waals surface area contributed by atoms with Crippen LogP contribution < -0.4 is 0 Å². The number of carbonyl (C=O) groups excluding carboxylic acids is 2. The van der Waals surface area contributed by atoms with Crippen LogP contribution in [0.2, 0.25) is 0 Å². The molecule has 1 aromatic carbocycles. The minimum absolute atomic E-state index is 0.500. The van der Waals surface area contributed by atoms with Crippen LogP contribution in [-0.4, -0.2) is 12.2 Å². The van der Waals surface area contributed by atoms with Gasteiger partial charge < -0.3 is 10.8 Å². The number of nitrogens with zero attached hydrogens (tertiary/aromatic N) is 2. The topological polar surface area (TPSA) is 78.7 Å². The minimum atomic E-state index is 0.500. The van der Waals surface area contributed by atoms with E-state index in [1.807, 2.05) is 13.0 Å². The van der Waals surface area contributed by atoms with Crippen molar-refractivity contribution >= 4 is 12.2 Å². The normalized spacial score (nSPS) is 6.67. The van der Waals surface area contributed by atoms with E-state index in [1.54, 1.807) is 6.08 Å². The van der Waals surface area contributed by atoms with Crippen molar-refractivity contribution < 1.29 is 9.59 Å². The smallest absolute Gasteiger partial charge is 0.0159 e. The van der Waals surface area contributed by atoms with E-state index in [9.17, 15) is 0 Å². The monoisotopic (exact) mass is 246 g/mol. The highest BCUT2D eigenvalue weighted by molar-refractivity contribution is 5.37. The van der Waals surface area contributed by atoms with Crippen molar-refractivity contribution in [3.8, 4) is 0 Å². The summed E-state index contributed by atoms with van der Waals surface area (Å²) in [7, 11) is 0. The number of rotatable bonds is 1. The van der Waals surface area contributed by atoms with E-state index < -0.39 is 0 Å². The molecule has 0 fully saturated rings. The summed E-state index contributed by atoms with van der Waals surface area (Å²) in [6.45, 7) is 9.66. The summed E-state index contributed by atoms with van der Waals surface area (Å²) < 4.78 is 0. The largest absolute Gasteiger partial charge is 0.724 e. The first-order valence-corrected chi connectivity index (χ1v) is 5.20. The first-order valence-electron chi connectivity index (χ1n) is 5.20. The van der Waals surface area contributed by atoms with Crippen LogP contribution in [0.5, 0.6) is 0 Å². The summed E-state index contributed by atoms with van der Waals surface area (Å²) in [5.74, 6) is 0.659. The van der Waals surface area contributed by atoms with Crippen LogP contribution in [0.1, 0.15) is 32.3 Å². The molecule has 18 heavy (non-hydrogen) atoms. The van der Waals surface area contributed by atoms with Crippen LogP contribution in [0.4, 0.5) is 0 Å². The molecular formula is C14H18N2O2-2. The molecule has 0 bridgehead atoms. The fourth-order valence-corrected chi connectivity index (χ4v) is 0.838. The van der Waals surface area contributed by atoms with Crippen molar-refractivity contribution in [1.29, 1.82) is 0 Å². The molecule has 0 aliphatic heterocycles. The van der Waals surface area contributed by atoms with Gasteiger partial charge in [-0.3, -0.25) is 9.59 Å². The molecule has 4 nitrogen and oxygen atoms in total. The summed E-state index contributed by atoms with van der Waals surface area (Å²) in [6.07, 6.45) is 2.75. The van der Waals surface area contributed by atoms with Crippen LogP contribution in [0.25, 0.3) is 10.8 Å². The highest BCUT2D eigenvalue weighted by Crippen LogP contribution is 2.11. The Morgan fingerprint density at radius 1 is 1.11 bits per heavy atom. The Bertz CT molecular complexity index is 335. The van der Waals surface area contributed by atoms with Gasteiger partial charge in [-0.15, -0.1) is 6.58 Å². The fourth-order valence-electron chi connectivity index (χ4n) is 0.838. The van der Waals surface area contributed by atoms with Crippen molar-refractivity contribution in [2.24, 2.45) is 0 Å². The quantitative estimate of drug-likeness (QED) is 0.429. The molecular weight excluding hydrogens is 228 g/mol. The highest BCUT2D eigenvalue weighted by Gasteiger charge is 1.93. The van der Waals surface area contributed by atoms with Crippen LogP contribution in [0, 0.1) is 0 Å². The summed E-state index contributed by atoms with van der Waals surface area (Å²) in [5.41, 5.74) is 1.41. The molecule has 0 aliphatic carbocycles. The standard InChI is InChI=1S/C9H12.C3H6.2CNO/c1-8(2)9-6-4-3-5-7-9;1-3-2;2*2-1-3/h3-8H,1-2H3;3H,1H2,2H3;;/q;;2*-1. The van der Waals surface area contributed by atoms with E-state index in [0.29, 0.717) is 18.1 Å². The van der Waals surface area contributed by atoms with Gasteiger partial charge in [0.05, 0.1) is 0 Å². The third kappa shape index (κ3) is 23.5. The Balaban J connectivity index is -0.000000210. The van der Waals surface area contributed by atoms with Crippen molar-refractivity contribution in [3.63, 3.8) is 0 Å². The average molecular weight is 246 g/mol. The van der Waals surface area contributed by atoms with Gasteiger partial charge in [-0.25, -0.2) is 0 Å². The molecule has 98 valence electrons. The van der Waals surface area contributed by atoms with Crippen molar-refractivity contribution in [2.45, 2.75) is 26.7 Å². The number of hydrogen-bond donors (Lipinski definition) is 0. The van der Waals surface area contributed by atoms with Crippen molar-refractivity contribution in [2.75, 3.05) is 0 Å². The maximum absolute atomic E-state index is 8.24. The van der Waals surface area contributed by atoms with E-state index in [4.69, 9.17) is 20.4 Å². The lowest BCUT2D eigenvalue weighted by atomic mass is 10.0. The third-order valence-electron chi connectivity index (χ3n) is 1.47.